The predicted octanol–water partition coefficient (Wildman–Crippen LogP) is 2.37. The minimum atomic E-state index is -0.328. The Morgan fingerprint density at radius 1 is 1.35 bits per heavy atom. The summed E-state index contributed by atoms with van der Waals surface area (Å²) in [5.41, 5.74) is 0.542. The van der Waals surface area contributed by atoms with Gasteiger partial charge in [0.1, 0.15) is 11.6 Å². The number of halogens is 1. The summed E-state index contributed by atoms with van der Waals surface area (Å²) in [7, 11) is 1.89. The Morgan fingerprint density at radius 3 is 2.65 bits per heavy atom. The van der Waals surface area contributed by atoms with Crippen LogP contribution in [0.5, 0.6) is 0 Å². The van der Waals surface area contributed by atoms with Crippen LogP contribution in [0.2, 0.25) is 0 Å². The molecule has 0 bridgehead atoms. The van der Waals surface area contributed by atoms with E-state index in [1.807, 2.05) is 17.8 Å². The quantitative estimate of drug-likeness (QED) is 0.758. The number of aryl methyl sites for hydroxylation is 2. The maximum atomic E-state index is 12.7. The summed E-state index contributed by atoms with van der Waals surface area (Å²) in [6.45, 7) is 0. The first-order valence-corrected chi connectivity index (χ1v) is 5.42. The summed E-state index contributed by atoms with van der Waals surface area (Å²) >= 11 is 0. The second kappa shape index (κ2) is 4.91. The molecule has 0 aliphatic carbocycles. The van der Waals surface area contributed by atoms with E-state index in [1.165, 1.54) is 24.3 Å². The van der Waals surface area contributed by atoms with Gasteiger partial charge in [0.25, 0.3) is 0 Å². The topological polar surface area (TPSA) is 34.9 Å². The molecule has 17 heavy (non-hydrogen) atoms. The Kier molecular flexibility index (Phi) is 3.32. The SMILES string of the molecule is Cn1ccnc1CCC(=O)c1ccc(F)cc1. The van der Waals surface area contributed by atoms with Crippen LogP contribution in [-0.2, 0) is 13.5 Å². The normalized spacial score (nSPS) is 10.5. The van der Waals surface area contributed by atoms with Crippen LogP contribution >= 0.6 is 0 Å². The van der Waals surface area contributed by atoms with Crippen LogP contribution in [0.25, 0.3) is 0 Å². The molecule has 1 aromatic carbocycles. The maximum Gasteiger partial charge on any atom is 0.163 e. The molecule has 1 heterocycles. The van der Waals surface area contributed by atoms with Crippen molar-refractivity contribution in [1.29, 1.82) is 0 Å². The highest BCUT2D eigenvalue weighted by Crippen LogP contribution is 2.08. The zero-order chi connectivity index (χ0) is 12.3. The van der Waals surface area contributed by atoms with Crippen LogP contribution in [0.3, 0.4) is 0 Å². The number of hydrogen-bond donors (Lipinski definition) is 0. The largest absolute Gasteiger partial charge is 0.338 e. The second-order valence-electron chi connectivity index (χ2n) is 3.88. The molecule has 0 saturated heterocycles. The Morgan fingerprint density at radius 2 is 2.06 bits per heavy atom. The van der Waals surface area contributed by atoms with Crippen molar-refractivity contribution in [1.82, 2.24) is 9.55 Å². The van der Waals surface area contributed by atoms with Crippen molar-refractivity contribution in [2.24, 2.45) is 7.05 Å². The highest BCUT2D eigenvalue weighted by atomic mass is 19.1. The number of nitrogens with zero attached hydrogens (tertiary/aromatic N) is 2. The van der Waals surface area contributed by atoms with E-state index >= 15 is 0 Å². The number of imidazole rings is 1. The molecule has 0 N–H and O–H groups in total. The van der Waals surface area contributed by atoms with Gasteiger partial charge in [0.2, 0.25) is 0 Å². The first-order valence-electron chi connectivity index (χ1n) is 5.42. The third-order valence-electron chi connectivity index (χ3n) is 2.66. The summed E-state index contributed by atoms with van der Waals surface area (Å²) in [5.74, 6) is 0.555. The van der Waals surface area contributed by atoms with E-state index in [-0.39, 0.29) is 11.6 Å². The summed E-state index contributed by atoms with van der Waals surface area (Å²) in [6.07, 6.45) is 4.53. The fourth-order valence-electron chi connectivity index (χ4n) is 1.64. The van der Waals surface area contributed by atoms with Gasteiger partial charge in [-0.15, -0.1) is 0 Å². The minimum absolute atomic E-state index is 0.00741. The first-order chi connectivity index (χ1) is 8.16. The predicted molar refractivity (Wildman–Crippen MR) is 62.3 cm³/mol. The Hall–Kier alpha value is -1.97. The number of Topliss-reactive ketones (excluding diaryl/α,β-unsaturated/α-hetero) is 1. The van der Waals surface area contributed by atoms with E-state index in [9.17, 15) is 9.18 Å². The van der Waals surface area contributed by atoms with Gasteiger partial charge in [0, 0.05) is 37.8 Å². The molecule has 88 valence electrons. The third-order valence-corrected chi connectivity index (χ3v) is 2.66. The fraction of sp³-hybridized carbons (Fsp3) is 0.231. The Balaban J connectivity index is 1.98. The lowest BCUT2D eigenvalue weighted by Gasteiger charge is -2.02. The monoisotopic (exact) mass is 232 g/mol. The summed E-state index contributed by atoms with van der Waals surface area (Å²) in [6, 6.07) is 5.62. The van der Waals surface area contributed by atoms with Gasteiger partial charge in [0.15, 0.2) is 5.78 Å². The minimum Gasteiger partial charge on any atom is -0.338 e. The molecular weight excluding hydrogens is 219 g/mol. The zero-order valence-electron chi connectivity index (χ0n) is 9.56. The van der Waals surface area contributed by atoms with E-state index in [0.717, 1.165) is 5.82 Å². The number of benzene rings is 1. The van der Waals surface area contributed by atoms with Crippen LogP contribution < -0.4 is 0 Å². The molecule has 0 atom stereocenters. The molecule has 0 aliphatic heterocycles. The smallest absolute Gasteiger partial charge is 0.163 e. The van der Waals surface area contributed by atoms with Crippen LogP contribution in [0.1, 0.15) is 22.6 Å². The van der Waals surface area contributed by atoms with Gasteiger partial charge in [-0.1, -0.05) is 0 Å². The molecule has 0 unspecified atom stereocenters. The van der Waals surface area contributed by atoms with Gasteiger partial charge in [-0.25, -0.2) is 9.37 Å². The van der Waals surface area contributed by atoms with Crippen molar-refractivity contribution in [2.45, 2.75) is 12.8 Å². The summed E-state index contributed by atoms with van der Waals surface area (Å²) < 4.78 is 14.6. The molecule has 0 radical (unpaired) electrons. The maximum absolute atomic E-state index is 12.7. The van der Waals surface area contributed by atoms with Crippen LogP contribution in [0, 0.1) is 5.82 Å². The van der Waals surface area contributed by atoms with E-state index in [2.05, 4.69) is 4.98 Å². The van der Waals surface area contributed by atoms with Crippen LogP contribution in [-0.4, -0.2) is 15.3 Å². The third kappa shape index (κ3) is 2.78. The zero-order valence-corrected chi connectivity index (χ0v) is 9.56. The molecule has 2 aromatic rings. The molecule has 0 amide bonds. The van der Waals surface area contributed by atoms with Crippen molar-refractivity contribution in [3.05, 3.63) is 53.9 Å². The molecule has 4 heteroatoms. The highest BCUT2D eigenvalue weighted by Gasteiger charge is 2.08. The van der Waals surface area contributed by atoms with E-state index < -0.39 is 0 Å². The van der Waals surface area contributed by atoms with Gasteiger partial charge >= 0.3 is 0 Å². The standard InChI is InChI=1S/C13H13FN2O/c1-16-9-8-15-13(16)7-6-12(17)10-2-4-11(14)5-3-10/h2-5,8-9H,6-7H2,1H3. The molecule has 3 nitrogen and oxygen atoms in total. The number of hydrogen-bond acceptors (Lipinski definition) is 2. The van der Waals surface area contributed by atoms with Crippen molar-refractivity contribution in [2.75, 3.05) is 0 Å². The number of ketones is 1. The number of aromatic nitrogens is 2. The van der Waals surface area contributed by atoms with Gasteiger partial charge in [-0.05, 0) is 24.3 Å². The molecule has 0 fully saturated rings. The van der Waals surface area contributed by atoms with Crippen LogP contribution in [0.15, 0.2) is 36.7 Å². The van der Waals surface area contributed by atoms with Gasteiger partial charge in [-0.3, -0.25) is 4.79 Å². The number of rotatable bonds is 4. The van der Waals surface area contributed by atoms with Crippen LogP contribution in [0.4, 0.5) is 4.39 Å². The molecule has 1 aromatic heterocycles. The van der Waals surface area contributed by atoms with E-state index in [4.69, 9.17) is 0 Å². The molecule has 0 spiro atoms. The first kappa shape index (κ1) is 11.5. The number of carbonyl (C=O) groups excluding carboxylic acids is 1. The van der Waals surface area contributed by atoms with Crippen molar-refractivity contribution < 1.29 is 9.18 Å². The molecule has 0 aliphatic rings. The lowest BCUT2D eigenvalue weighted by atomic mass is 10.1. The second-order valence-corrected chi connectivity index (χ2v) is 3.88. The molecule has 2 rings (SSSR count). The van der Waals surface area contributed by atoms with Gasteiger partial charge in [-0.2, -0.15) is 0 Å². The lowest BCUT2D eigenvalue weighted by molar-refractivity contribution is 0.0982. The van der Waals surface area contributed by atoms with Gasteiger partial charge in [0.05, 0.1) is 0 Å². The average molecular weight is 232 g/mol. The van der Waals surface area contributed by atoms with Crippen molar-refractivity contribution in [3.8, 4) is 0 Å². The average Bonchev–Trinajstić information content (AvgIpc) is 2.73. The van der Waals surface area contributed by atoms with Crippen molar-refractivity contribution >= 4 is 5.78 Å². The number of carbonyl (C=O) groups is 1. The fourth-order valence-corrected chi connectivity index (χ4v) is 1.64. The molecular formula is C13H13FN2O. The van der Waals surface area contributed by atoms with Gasteiger partial charge < -0.3 is 4.57 Å². The van der Waals surface area contributed by atoms with Crippen molar-refractivity contribution in [3.63, 3.8) is 0 Å². The molecule has 0 saturated carbocycles. The lowest BCUT2D eigenvalue weighted by Crippen LogP contribution is -2.04. The van der Waals surface area contributed by atoms with E-state index in [1.54, 1.807) is 6.20 Å². The Bertz CT molecular complexity index is 516. The van der Waals surface area contributed by atoms with E-state index in [0.29, 0.717) is 18.4 Å². The summed E-state index contributed by atoms with van der Waals surface area (Å²) in [5, 5.41) is 0. The summed E-state index contributed by atoms with van der Waals surface area (Å²) in [4.78, 5) is 15.9. The highest BCUT2D eigenvalue weighted by molar-refractivity contribution is 5.96. The Labute approximate surface area is 98.9 Å².